The molecule has 1 aromatic heterocycles. The molecule has 1 N–H and O–H groups in total. The van der Waals surface area contributed by atoms with E-state index in [1.165, 1.54) is 35.6 Å². The lowest BCUT2D eigenvalue weighted by Gasteiger charge is -2.04. The number of fused-ring (bicyclic) bond motifs is 1. The van der Waals surface area contributed by atoms with E-state index < -0.39 is 9.84 Å². The van der Waals surface area contributed by atoms with E-state index in [0.717, 1.165) is 4.70 Å². The van der Waals surface area contributed by atoms with Crippen molar-refractivity contribution in [2.24, 2.45) is 0 Å². The Labute approximate surface area is 148 Å². The van der Waals surface area contributed by atoms with E-state index in [1.54, 1.807) is 13.0 Å². The van der Waals surface area contributed by atoms with Crippen LogP contribution in [0, 0.1) is 0 Å². The number of rotatable bonds is 4. The fourth-order valence-electron chi connectivity index (χ4n) is 2.12. The molecule has 3 rings (SSSR count). The number of nitrogens with one attached hydrogen (secondary N) is 1. The van der Waals surface area contributed by atoms with Gasteiger partial charge in [-0.3, -0.25) is 10.1 Å². The van der Waals surface area contributed by atoms with Gasteiger partial charge in [0.2, 0.25) is 0 Å². The molecule has 0 unspecified atom stereocenters. The van der Waals surface area contributed by atoms with Gasteiger partial charge in [-0.2, -0.15) is 0 Å². The number of nitrogens with zero attached hydrogens (tertiary/aromatic N) is 1. The van der Waals surface area contributed by atoms with Crippen molar-refractivity contribution in [3.63, 3.8) is 0 Å². The molecule has 8 heteroatoms. The number of amides is 1. The van der Waals surface area contributed by atoms with E-state index in [9.17, 15) is 13.2 Å². The van der Waals surface area contributed by atoms with Crippen LogP contribution in [0.25, 0.3) is 10.2 Å². The van der Waals surface area contributed by atoms with Crippen molar-refractivity contribution in [1.82, 2.24) is 4.98 Å². The van der Waals surface area contributed by atoms with Gasteiger partial charge in [0.1, 0.15) is 5.52 Å². The van der Waals surface area contributed by atoms with Crippen LogP contribution in [-0.4, -0.2) is 25.1 Å². The number of aromatic nitrogens is 1. The smallest absolute Gasteiger partial charge is 0.257 e. The maximum atomic E-state index is 12.3. The van der Waals surface area contributed by atoms with Crippen LogP contribution in [0.1, 0.15) is 17.3 Å². The predicted molar refractivity (Wildman–Crippen MR) is 96.8 cm³/mol. The number of benzene rings is 2. The lowest BCUT2D eigenvalue weighted by atomic mass is 10.2. The highest BCUT2D eigenvalue weighted by molar-refractivity contribution is 7.91. The Bertz CT molecular complexity index is 1010. The van der Waals surface area contributed by atoms with Crippen molar-refractivity contribution >= 4 is 54.0 Å². The molecule has 0 bridgehead atoms. The fourth-order valence-corrected chi connectivity index (χ4v) is 4.16. The van der Waals surface area contributed by atoms with Crippen LogP contribution in [-0.2, 0) is 9.84 Å². The first-order chi connectivity index (χ1) is 11.4. The summed E-state index contributed by atoms with van der Waals surface area (Å²) < 4.78 is 24.4. The molecule has 124 valence electrons. The number of thiazole rings is 1. The van der Waals surface area contributed by atoms with E-state index >= 15 is 0 Å². The predicted octanol–water partition coefficient (Wildman–Crippen LogP) is 4.00. The number of hydrogen-bond acceptors (Lipinski definition) is 5. The average Bonchev–Trinajstić information content (AvgIpc) is 2.99. The molecule has 0 fully saturated rings. The van der Waals surface area contributed by atoms with E-state index in [4.69, 9.17) is 11.6 Å². The highest BCUT2D eigenvalue weighted by Crippen LogP contribution is 2.30. The van der Waals surface area contributed by atoms with Crippen LogP contribution in [0.2, 0.25) is 5.02 Å². The fraction of sp³-hybridized carbons (Fsp3) is 0.125. The Kier molecular flexibility index (Phi) is 4.58. The molecule has 0 aliphatic carbocycles. The van der Waals surface area contributed by atoms with E-state index in [1.807, 2.05) is 12.1 Å². The topological polar surface area (TPSA) is 76.1 Å². The molecule has 1 amide bonds. The van der Waals surface area contributed by atoms with Gasteiger partial charge in [-0.1, -0.05) is 35.9 Å². The van der Waals surface area contributed by atoms with Gasteiger partial charge < -0.3 is 0 Å². The first-order valence-corrected chi connectivity index (χ1v) is 9.94. The van der Waals surface area contributed by atoms with Gasteiger partial charge in [0, 0.05) is 5.56 Å². The second-order valence-corrected chi connectivity index (χ2v) is 8.70. The summed E-state index contributed by atoms with van der Waals surface area (Å²) in [7, 11) is -3.28. The zero-order chi connectivity index (χ0) is 17.3. The summed E-state index contributed by atoms with van der Waals surface area (Å²) in [6.07, 6.45) is 0. The van der Waals surface area contributed by atoms with Crippen LogP contribution < -0.4 is 5.32 Å². The van der Waals surface area contributed by atoms with Gasteiger partial charge in [-0.25, -0.2) is 13.4 Å². The second kappa shape index (κ2) is 6.51. The minimum atomic E-state index is -3.28. The molecule has 0 aliphatic heterocycles. The van der Waals surface area contributed by atoms with Gasteiger partial charge in [0.15, 0.2) is 15.0 Å². The third kappa shape index (κ3) is 3.28. The molecule has 5 nitrogen and oxygen atoms in total. The van der Waals surface area contributed by atoms with Crippen molar-refractivity contribution in [3.05, 3.63) is 53.1 Å². The molecule has 1 heterocycles. The minimum Gasteiger partial charge on any atom is -0.298 e. The van der Waals surface area contributed by atoms with E-state index in [0.29, 0.717) is 21.2 Å². The van der Waals surface area contributed by atoms with Crippen LogP contribution >= 0.6 is 22.9 Å². The highest BCUT2D eigenvalue weighted by Gasteiger charge is 2.14. The molecular weight excluding hydrogens is 368 g/mol. The summed E-state index contributed by atoms with van der Waals surface area (Å²) in [6.45, 7) is 1.58. The van der Waals surface area contributed by atoms with Crippen molar-refractivity contribution in [2.75, 3.05) is 11.1 Å². The van der Waals surface area contributed by atoms with Crippen molar-refractivity contribution in [3.8, 4) is 0 Å². The molecule has 24 heavy (non-hydrogen) atoms. The van der Waals surface area contributed by atoms with Gasteiger partial charge in [-0.05, 0) is 36.4 Å². The van der Waals surface area contributed by atoms with Crippen LogP contribution in [0.3, 0.4) is 0 Å². The Morgan fingerprint density at radius 2 is 1.92 bits per heavy atom. The van der Waals surface area contributed by atoms with E-state index in [2.05, 4.69) is 10.3 Å². The molecule has 0 saturated heterocycles. The summed E-state index contributed by atoms with van der Waals surface area (Å²) >= 11 is 7.39. The first-order valence-electron chi connectivity index (χ1n) is 7.10. The van der Waals surface area contributed by atoms with Crippen LogP contribution in [0.4, 0.5) is 5.13 Å². The number of hydrogen-bond donors (Lipinski definition) is 1. The highest BCUT2D eigenvalue weighted by atomic mass is 35.5. The average molecular weight is 381 g/mol. The van der Waals surface area contributed by atoms with Gasteiger partial charge in [-0.15, -0.1) is 0 Å². The summed E-state index contributed by atoms with van der Waals surface area (Å²) in [4.78, 5) is 16.8. The molecule has 0 spiro atoms. The molecule has 0 atom stereocenters. The largest absolute Gasteiger partial charge is 0.298 e. The standard InChI is InChI=1S/C16H13ClN2O3S2/c1-2-24(21,22)11-8-6-10(7-9-11)15(20)19-16-18-14-12(17)4-3-5-13(14)23-16/h3-9H,2H2,1H3,(H,18,19,20). The zero-order valence-electron chi connectivity index (χ0n) is 12.6. The van der Waals surface area contributed by atoms with Crippen molar-refractivity contribution in [2.45, 2.75) is 11.8 Å². The number of para-hydroxylation sites is 1. The lowest BCUT2D eigenvalue weighted by Crippen LogP contribution is -2.12. The third-order valence-electron chi connectivity index (χ3n) is 3.45. The molecule has 0 radical (unpaired) electrons. The summed E-state index contributed by atoms with van der Waals surface area (Å²) in [5, 5.41) is 3.67. The summed E-state index contributed by atoms with van der Waals surface area (Å²) in [5.74, 6) is -0.337. The number of sulfone groups is 1. The number of carbonyl (C=O) groups excluding carboxylic acids is 1. The van der Waals surface area contributed by atoms with Gasteiger partial charge in [0.05, 0.1) is 20.4 Å². The quantitative estimate of drug-likeness (QED) is 0.742. The first kappa shape index (κ1) is 16.9. The summed E-state index contributed by atoms with van der Waals surface area (Å²) in [5.41, 5.74) is 0.999. The van der Waals surface area contributed by atoms with Crippen molar-refractivity contribution < 1.29 is 13.2 Å². The van der Waals surface area contributed by atoms with Crippen molar-refractivity contribution in [1.29, 1.82) is 0 Å². The number of carbonyl (C=O) groups is 1. The maximum Gasteiger partial charge on any atom is 0.257 e. The number of halogens is 1. The maximum absolute atomic E-state index is 12.3. The summed E-state index contributed by atoms with van der Waals surface area (Å²) in [6, 6.07) is 11.3. The van der Waals surface area contributed by atoms with Crippen LogP contribution in [0.5, 0.6) is 0 Å². The number of anilines is 1. The Morgan fingerprint density at radius 1 is 1.21 bits per heavy atom. The van der Waals surface area contributed by atoms with Gasteiger partial charge >= 0.3 is 0 Å². The molecule has 0 saturated carbocycles. The molecular formula is C16H13ClN2O3S2. The third-order valence-corrected chi connectivity index (χ3v) is 6.44. The van der Waals surface area contributed by atoms with Gasteiger partial charge in [0.25, 0.3) is 5.91 Å². The molecule has 2 aromatic carbocycles. The second-order valence-electron chi connectivity index (χ2n) is 4.99. The Hall–Kier alpha value is -1.96. The van der Waals surface area contributed by atoms with E-state index in [-0.39, 0.29) is 16.6 Å². The minimum absolute atomic E-state index is 0.0189. The lowest BCUT2D eigenvalue weighted by molar-refractivity contribution is 0.102. The SMILES string of the molecule is CCS(=O)(=O)c1ccc(C(=O)Nc2nc3c(Cl)cccc3s2)cc1. The Balaban J connectivity index is 1.82. The van der Waals surface area contributed by atoms with Crippen LogP contribution in [0.15, 0.2) is 47.4 Å². The normalized spacial score (nSPS) is 11.6. The molecule has 3 aromatic rings. The molecule has 0 aliphatic rings. The Morgan fingerprint density at radius 3 is 2.54 bits per heavy atom. The monoisotopic (exact) mass is 380 g/mol. The zero-order valence-corrected chi connectivity index (χ0v) is 15.0.